The van der Waals surface area contributed by atoms with Gasteiger partial charge in [-0.25, -0.2) is 9.67 Å². The summed E-state index contributed by atoms with van der Waals surface area (Å²) in [6, 6.07) is 4.65. The first kappa shape index (κ1) is 24.1. The molecule has 0 spiro atoms. The average Bonchev–Trinajstić information content (AvgIpc) is 3.13. The van der Waals surface area contributed by atoms with Crippen molar-refractivity contribution in [3.63, 3.8) is 0 Å². The van der Waals surface area contributed by atoms with Crippen LogP contribution in [0.25, 0.3) is 5.82 Å². The molecule has 0 fully saturated rings. The fourth-order valence-electron chi connectivity index (χ4n) is 2.87. The molecule has 0 radical (unpaired) electrons. The number of carbonyl (C=O) groups excluding carboxylic acids is 1. The first-order valence-electron chi connectivity index (χ1n) is 9.65. The standard InChI is InChI=1S/C21H18F6N4O2/c1-3-8-33-17-6-4-13(20(22,23)24)9-16(17)30-19(32)15-11-29-31(12(15)2)18-7-5-14(10-28-18)21(25,26)27/h4-7,9-11H,3,8H2,1-2H3,(H,30,32). The number of ether oxygens (including phenoxy) is 1. The Morgan fingerprint density at radius 3 is 2.27 bits per heavy atom. The van der Waals surface area contributed by atoms with E-state index in [1.165, 1.54) is 6.92 Å². The van der Waals surface area contributed by atoms with Crippen LogP contribution >= 0.6 is 0 Å². The molecule has 2 aromatic heterocycles. The van der Waals surface area contributed by atoms with E-state index in [9.17, 15) is 31.1 Å². The molecule has 0 aliphatic heterocycles. The lowest BCUT2D eigenvalue weighted by Gasteiger charge is -2.15. The van der Waals surface area contributed by atoms with E-state index in [1.807, 2.05) is 6.92 Å². The van der Waals surface area contributed by atoms with Gasteiger partial charge < -0.3 is 10.1 Å². The summed E-state index contributed by atoms with van der Waals surface area (Å²) < 4.78 is 84.2. The molecule has 176 valence electrons. The van der Waals surface area contributed by atoms with Crippen LogP contribution in [0.3, 0.4) is 0 Å². The fourth-order valence-corrected chi connectivity index (χ4v) is 2.87. The smallest absolute Gasteiger partial charge is 0.417 e. The zero-order valence-electron chi connectivity index (χ0n) is 17.4. The number of nitrogens with zero attached hydrogens (tertiary/aromatic N) is 3. The minimum atomic E-state index is -4.63. The number of hydrogen-bond donors (Lipinski definition) is 1. The summed E-state index contributed by atoms with van der Waals surface area (Å²) in [4.78, 5) is 16.5. The van der Waals surface area contributed by atoms with E-state index in [2.05, 4.69) is 15.4 Å². The molecule has 1 N–H and O–H groups in total. The highest BCUT2D eigenvalue weighted by Crippen LogP contribution is 2.35. The Morgan fingerprint density at radius 2 is 1.70 bits per heavy atom. The van der Waals surface area contributed by atoms with Crippen molar-refractivity contribution in [2.75, 3.05) is 11.9 Å². The number of alkyl halides is 6. The van der Waals surface area contributed by atoms with Crippen LogP contribution in [0.5, 0.6) is 5.75 Å². The Bertz CT molecular complexity index is 1140. The van der Waals surface area contributed by atoms with Crippen LogP contribution in [-0.2, 0) is 12.4 Å². The summed E-state index contributed by atoms with van der Waals surface area (Å²) in [7, 11) is 0. The van der Waals surface area contributed by atoms with E-state index < -0.39 is 29.4 Å². The van der Waals surface area contributed by atoms with Gasteiger partial charge in [-0.15, -0.1) is 0 Å². The molecule has 0 bridgehead atoms. The molecule has 0 atom stereocenters. The zero-order valence-corrected chi connectivity index (χ0v) is 17.4. The minimum absolute atomic E-state index is 0.00412. The van der Waals surface area contributed by atoms with Crippen LogP contribution in [0.4, 0.5) is 32.0 Å². The van der Waals surface area contributed by atoms with Gasteiger partial charge in [0.05, 0.1) is 40.9 Å². The van der Waals surface area contributed by atoms with Gasteiger partial charge in [0.2, 0.25) is 0 Å². The Balaban J connectivity index is 1.89. The summed E-state index contributed by atoms with van der Waals surface area (Å²) in [6.07, 6.45) is -6.81. The second-order valence-corrected chi connectivity index (χ2v) is 6.97. The van der Waals surface area contributed by atoms with E-state index in [0.717, 1.165) is 41.2 Å². The summed E-state index contributed by atoms with van der Waals surface area (Å²) >= 11 is 0. The van der Waals surface area contributed by atoms with E-state index in [-0.39, 0.29) is 35.1 Å². The minimum Gasteiger partial charge on any atom is -0.491 e. The molecule has 33 heavy (non-hydrogen) atoms. The van der Waals surface area contributed by atoms with Crippen molar-refractivity contribution in [2.24, 2.45) is 0 Å². The lowest BCUT2D eigenvalue weighted by molar-refractivity contribution is -0.138. The number of carbonyl (C=O) groups is 1. The molecule has 1 aromatic carbocycles. The maximum absolute atomic E-state index is 13.1. The number of benzene rings is 1. The quantitative estimate of drug-likeness (QED) is 0.471. The Kier molecular flexibility index (Phi) is 6.65. The molecule has 3 rings (SSSR count). The fraction of sp³-hybridized carbons (Fsp3) is 0.286. The third kappa shape index (κ3) is 5.44. The zero-order chi connectivity index (χ0) is 24.4. The lowest BCUT2D eigenvalue weighted by Crippen LogP contribution is -2.15. The average molecular weight is 472 g/mol. The highest BCUT2D eigenvalue weighted by molar-refractivity contribution is 6.05. The number of hydrogen-bond acceptors (Lipinski definition) is 4. The van der Waals surface area contributed by atoms with Crippen LogP contribution in [0.15, 0.2) is 42.7 Å². The molecular weight excluding hydrogens is 454 g/mol. The second-order valence-electron chi connectivity index (χ2n) is 6.97. The van der Waals surface area contributed by atoms with Crippen molar-refractivity contribution in [1.82, 2.24) is 14.8 Å². The van der Waals surface area contributed by atoms with Crippen molar-refractivity contribution < 1.29 is 35.9 Å². The summed E-state index contributed by atoms with van der Waals surface area (Å²) in [5.41, 5.74) is -1.87. The van der Waals surface area contributed by atoms with Gasteiger partial charge in [-0.3, -0.25) is 4.79 Å². The first-order chi connectivity index (χ1) is 15.4. The molecule has 0 aliphatic rings. The van der Waals surface area contributed by atoms with Crippen LogP contribution in [0, 0.1) is 6.92 Å². The molecule has 12 heteroatoms. The molecule has 6 nitrogen and oxygen atoms in total. The highest BCUT2D eigenvalue weighted by Gasteiger charge is 2.32. The normalized spacial score (nSPS) is 12.0. The lowest BCUT2D eigenvalue weighted by atomic mass is 10.1. The Labute approximate surface area is 184 Å². The van der Waals surface area contributed by atoms with E-state index in [4.69, 9.17) is 4.74 Å². The van der Waals surface area contributed by atoms with Crippen LogP contribution in [0.2, 0.25) is 0 Å². The molecule has 1 amide bonds. The number of anilines is 1. The number of pyridine rings is 1. The molecule has 0 aliphatic carbocycles. The summed E-state index contributed by atoms with van der Waals surface area (Å²) in [5.74, 6) is -0.676. The maximum atomic E-state index is 13.1. The van der Waals surface area contributed by atoms with Crippen LogP contribution in [0.1, 0.15) is 40.5 Å². The third-order valence-electron chi connectivity index (χ3n) is 4.56. The molecule has 3 aromatic rings. The van der Waals surface area contributed by atoms with Gasteiger partial charge >= 0.3 is 12.4 Å². The van der Waals surface area contributed by atoms with Gasteiger partial charge in [-0.2, -0.15) is 31.4 Å². The van der Waals surface area contributed by atoms with E-state index >= 15 is 0 Å². The van der Waals surface area contributed by atoms with Crippen molar-refractivity contribution in [3.05, 3.63) is 65.1 Å². The molecule has 0 saturated carbocycles. The molecule has 0 unspecified atom stereocenters. The Hall–Kier alpha value is -3.57. The van der Waals surface area contributed by atoms with Crippen LogP contribution < -0.4 is 10.1 Å². The van der Waals surface area contributed by atoms with Crippen LogP contribution in [-0.4, -0.2) is 27.3 Å². The molecule has 0 saturated heterocycles. The predicted molar refractivity (Wildman–Crippen MR) is 106 cm³/mol. The number of rotatable bonds is 6. The summed E-state index contributed by atoms with van der Waals surface area (Å²) in [5, 5.41) is 6.37. The van der Waals surface area contributed by atoms with Gasteiger partial charge in [-0.1, -0.05) is 6.92 Å². The Morgan fingerprint density at radius 1 is 1.03 bits per heavy atom. The van der Waals surface area contributed by atoms with Crippen molar-refractivity contribution >= 4 is 11.6 Å². The van der Waals surface area contributed by atoms with Crippen molar-refractivity contribution in [3.8, 4) is 11.6 Å². The number of nitrogens with one attached hydrogen (secondary N) is 1. The van der Waals surface area contributed by atoms with Gasteiger partial charge in [0, 0.05) is 6.20 Å². The number of halogens is 6. The first-order valence-corrected chi connectivity index (χ1v) is 9.65. The van der Waals surface area contributed by atoms with Gasteiger partial charge in [0.15, 0.2) is 5.82 Å². The largest absolute Gasteiger partial charge is 0.491 e. The van der Waals surface area contributed by atoms with Gasteiger partial charge in [0.1, 0.15) is 5.75 Å². The van der Waals surface area contributed by atoms with Gasteiger partial charge in [0.25, 0.3) is 5.91 Å². The van der Waals surface area contributed by atoms with E-state index in [0.29, 0.717) is 12.6 Å². The molecule has 2 heterocycles. The third-order valence-corrected chi connectivity index (χ3v) is 4.56. The monoisotopic (exact) mass is 472 g/mol. The maximum Gasteiger partial charge on any atom is 0.417 e. The second kappa shape index (κ2) is 9.12. The highest BCUT2D eigenvalue weighted by atomic mass is 19.4. The summed E-state index contributed by atoms with van der Waals surface area (Å²) in [6.45, 7) is 3.52. The predicted octanol–water partition coefficient (Wildman–Crippen LogP) is 5.65. The van der Waals surface area contributed by atoms with Crippen molar-refractivity contribution in [2.45, 2.75) is 32.6 Å². The van der Waals surface area contributed by atoms with Crippen molar-refractivity contribution in [1.29, 1.82) is 0 Å². The molecular formula is C21H18F6N4O2. The van der Waals surface area contributed by atoms with Gasteiger partial charge in [-0.05, 0) is 43.7 Å². The number of aromatic nitrogens is 3. The number of amides is 1. The topological polar surface area (TPSA) is 69.0 Å². The SMILES string of the molecule is CCCOc1ccc(C(F)(F)F)cc1NC(=O)c1cnn(-c2ccc(C(F)(F)F)cn2)c1C. The van der Waals surface area contributed by atoms with E-state index in [1.54, 1.807) is 0 Å².